The minimum atomic E-state index is 0.262. The highest BCUT2D eigenvalue weighted by Crippen LogP contribution is 2.34. The molecule has 0 amide bonds. The van der Waals surface area contributed by atoms with Gasteiger partial charge in [0, 0.05) is 0 Å². The maximum Gasteiger partial charge on any atom is 0.165 e. The van der Waals surface area contributed by atoms with Crippen LogP contribution in [-0.4, -0.2) is 18.0 Å². The van der Waals surface area contributed by atoms with E-state index in [0.29, 0.717) is 5.71 Å². The van der Waals surface area contributed by atoms with Gasteiger partial charge < -0.3 is 0 Å². The van der Waals surface area contributed by atoms with Crippen molar-refractivity contribution in [3.05, 3.63) is 53.1 Å². The summed E-state index contributed by atoms with van der Waals surface area (Å²) in [7, 11) is 0. The van der Waals surface area contributed by atoms with E-state index in [9.17, 15) is 4.79 Å². The Hall–Kier alpha value is -2.42. The molecule has 26 heavy (non-hydrogen) atoms. The van der Waals surface area contributed by atoms with Gasteiger partial charge in [0.2, 0.25) is 0 Å². The first-order valence-corrected chi connectivity index (χ1v) is 9.39. The molecule has 0 spiro atoms. The Morgan fingerprint density at radius 1 is 1.08 bits per heavy atom. The van der Waals surface area contributed by atoms with Crippen LogP contribution in [0.1, 0.15) is 50.3 Å². The predicted octanol–water partition coefficient (Wildman–Crippen LogP) is 5.85. The minimum absolute atomic E-state index is 0.262. The topological polar surface area (TPSA) is 32.7 Å². The SMILES string of the molecule is CCC(CC)N(/N=C(/C)C=O)c1cccc(-c2ccc(C)cc2C)c1C. The molecule has 0 saturated carbocycles. The summed E-state index contributed by atoms with van der Waals surface area (Å²) in [5, 5.41) is 6.66. The summed E-state index contributed by atoms with van der Waals surface area (Å²) in [5.41, 5.74) is 7.75. The van der Waals surface area contributed by atoms with E-state index < -0.39 is 0 Å². The van der Waals surface area contributed by atoms with E-state index in [1.54, 1.807) is 6.92 Å². The fourth-order valence-electron chi connectivity index (χ4n) is 3.44. The van der Waals surface area contributed by atoms with Crippen LogP contribution in [0.3, 0.4) is 0 Å². The third-order valence-corrected chi connectivity index (χ3v) is 4.95. The Bertz CT molecular complexity index is 804. The second kappa shape index (κ2) is 8.79. The number of hydrazone groups is 1. The third-order valence-electron chi connectivity index (χ3n) is 4.95. The molecule has 2 aromatic carbocycles. The quantitative estimate of drug-likeness (QED) is 0.356. The van der Waals surface area contributed by atoms with Crippen molar-refractivity contribution in [1.82, 2.24) is 0 Å². The van der Waals surface area contributed by atoms with Gasteiger partial charge >= 0.3 is 0 Å². The highest BCUT2D eigenvalue weighted by Gasteiger charge is 2.19. The number of carbonyl (C=O) groups is 1. The van der Waals surface area contributed by atoms with Crippen molar-refractivity contribution < 1.29 is 4.79 Å². The van der Waals surface area contributed by atoms with Gasteiger partial charge in [-0.25, -0.2) is 0 Å². The van der Waals surface area contributed by atoms with Gasteiger partial charge in [0.25, 0.3) is 0 Å². The first-order chi connectivity index (χ1) is 12.4. The van der Waals surface area contributed by atoms with Crippen molar-refractivity contribution in [2.45, 2.75) is 60.4 Å². The van der Waals surface area contributed by atoms with E-state index in [-0.39, 0.29) is 6.04 Å². The van der Waals surface area contributed by atoms with E-state index in [2.05, 4.69) is 76.1 Å². The second-order valence-electron chi connectivity index (χ2n) is 6.94. The third kappa shape index (κ3) is 4.21. The number of anilines is 1. The van der Waals surface area contributed by atoms with E-state index in [1.807, 2.05) is 5.01 Å². The molecule has 0 aliphatic heterocycles. The molecule has 2 rings (SSSR count). The lowest BCUT2D eigenvalue weighted by Gasteiger charge is -2.30. The summed E-state index contributed by atoms with van der Waals surface area (Å²) in [4.78, 5) is 11.2. The monoisotopic (exact) mass is 350 g/mol. The molecular formula is C23H30N2O. The molecule has 0 aromatic heterocycles. The molecule has 0 unspecified atom stereocenters. The molecule has 3 nitrogen and oxygen atoms in total. The van der Waals surface area contributed by atoms with Crippen LogP contribution in [0.15, 0.2) is 41.5 Å². The molecule has 3 heteroatoms. The summed E-state index contributed by atoms with van der Waals surface area (Å²) in [5.74, 6) is 0. The van der Waals surface area contributed by atoms with Crippen molar-refractivity contribution in [3.63, 3.8) is 0 Å². The second-order valence-corrected chi connectivity index (χ2v) is 6.94. The standard InChI is InChI=1S/C23H30N2O/c1-7-20(8-2)25(24-18(5)15-26)23-11-9-10-22(19(23)6)21-13-12-16(3)14-17(21)4/h9-15,20H,7-8H2,1-6H3/b24-18-. The average Bonchev–Trinajstić information content (AvgIpc) is 2.62. The number of rotatable bonds is 7. The Morgan fingerprint density at radius 2 is 1.77 bits per heavy atom. The Balaban J connectivity index is 2.62. The zero-order valence-electron chi connectivity index (χ0n) is 16.8. The van der Waals surface area contributed by atoms with Crippen molar-refractivity contribution in [1.29, 1.82) is 0 Å². The van der Waals surface area contributed by atoms with E-state index >= 15 is 0 Å². The summed E-state index contributed by atoms with van der Waals surface area (Å²) in [6, 6.07) is 13.2. The normalized spacial score (nSPS) is 11.7. The molecule has 0 aliphatic carbocycles. The lowest BCUT2D eigenvalue weighted by Crippen LogP contribution is -2.31. The lowest BCUT2D eigenvalue weighted by molar-refractivity contribution is -0.102. The van der Waals surface area contributed by atoms with Gasteiger partial charge in [-0.3, -0.25) is 9.80 Å². The summed E-state index contributed by atoms with van der Waals surface area (Å²) < 4.78 is 0. The molecule has 2 aromatic rings. The zero-order valence-corrected chi connectivity index (χ0v) is 16.8. The first-order valence-electron chi connectivity index (χ1n) is 9.39. The van der Waals surface area contributed by atoms with Crippen LogP contribution in [0.5, 0.6) is 0 Å². The van der Waals surface area contributed by atoms with Crippen LogP contribution in [-0.2, 0) is 4.79 Å². The minimum Gasteiger partial charge on any atom is -0.296 e. The molecule has 0 N–H and O–H groups in total. The van der Waals surface area contributed by atoms with E-state index in [4.69, 9.17) is 0 Å². The molecular weight excluding hydrogens is 320 g/mol. The van der Waals surface area contributed by atoms with Crippen molar-refractivity contribution in [2.24, 2.45) is 5.10 Å². The average molecular weight is 351 g/mol. The van der Waals surface area contributed by atoms with Crippen molar-refractivity contribution in [2.75, 3.05) is 5.01 Å². The van der Waals surface area contributed by atoms with Gasteiger partial charge in [-0.05, 0) is 68.9 Å². The van der Waals surface area contributed by atoms with Gasteiger partial charge in [0.1, 0.15) is 0 Å². The number of aryl methyl sites for hydroxylation is 2. The van der Waals surface area contributed by atoms with Crippen LogP contribution in [0.4, 0.5) is 5.69 Å². The van der Waals surface area contributed by atoms with E-state index in [0.717, 1.165) is 24.8 Å². The Morgan fingerprint density at radius 3 is 2.35 bits per heavy atom. The van der Waals surface area contributed by atoms with Crippen LogP contribution in [0.2, 0.25) is 0 Å². The Labute approximate surface area is 157 Å². The van der Waals surface area contributed by atoms with Crippen molar-refractivity contribution >= 4 is 17.7 Å². The zero-order chi connectivity index (χ0) is 19.3. The molecule has 138 valence electrons. The van der Waals surface area contributed by atoms with Gasteiger partial charge in [0.15, 0.2) is 6.29 Å². The number of carbonyl (C=O) groups excluding carboxylic acids is 1. The lowest BCUT2D eigenvalue weighted by atomic mass is 9.94. The highest BCUT2D eigenvalue weighted by atomic mass is 16.1. The molecule has 0 atom stereocenters. The number of hydrogen-bond donors (Lipinski definition) is 0. The molecule has 0 heterocycles. The number of aldehydes is 1. The highest BCUT2D eigenvalue weighted by molar-refractivity contribution is 6.27. The largest absolute Gasteiger partial charge is 0.296 e. The first kappa shape index (κ1) is 19.9. The van der Waals surface area contributed by atoms with Crippen LogP contribution < -0.4 is 5.01 Å². The fraction of sp³-hybridized carbons (Fsp3) is 0.391. The van der Waals surface area contributed by atoms with Crippen molar-refractivity contribution in [3.8, 4) is 11.1 Å². The fourth-order valence-corrected chi connectivity index (χ4v) is 3.44. The Kier molecular flexibility index (Phi) is 6.73. The van der Waals surface area contributed by atoms with Gasteiger partial charge in [0.05, 0.1) is 17.4 Å². The predicted molar refractivity (Wildman–Crippen MR) is 112 cm³/mol. The maximum absolute atomic E-state index is 11.2. The van der Waals surface area contributed by atoms with Gasteiger partial charge in [-0.2, -0.15) is 5.10 Å². The van der Waals surface area contributed by atoms with Crippen LogP contribution in [0.25, 0.3) is 11.1 Å². The molecule has 0 saturated heterocycles. The van der Waals surface area contributed by atoms with Crippen LogP contribution in [0, 0.1) is 20.8 Å². The van der Waals surface area contributed by atoms with E-state index in [1.165, 1.54) is 27.8 Å². The molecule has 0 radical (unpaired) electrons. The van der Waals surface area contributed by atoms with Gasteiger partial charge in [-0.1, -0.05) is 49.7 Å². The van der Waals surface area contributed by atoms with Gasteiger partial charge in [-0.15, -0.1) is 0 Å². The summed E-state index contributed by atoms with van der Waals surface area (Å²) in [6.07, 6.45) is 2.76. The number of nitrogens with zero attached hydrogens (tertiary/aromatic N) is 2. The smallest absolute Gasteiger partial charge is 0.165 e. The summed E-state index contributed by atoms with van der Waals surface area (Å²) in [6.45, 7) is 12.5. The maximum atomic E-state index is 11.2. The molecule has 0 bridgehead atoms. The van der Waals surface area contributed by atoms with Crippen LogP contribution >= 0.6 is 0 Å². The number of benzene rings is 2. The molecule has 0 fully saturated rings. The number of hydrogen-bond acceptors (Lipinski definition) is 3. The summed E-state index contributed by atoms with van der Waals surface area (Å²) >= 11 is 0. The molecule has 0 aliphatic rings.